The monoisotopic (exact) mass is 447 g/mol. The van der Waals surface area contributed by atoms with E-state index in [0.717, 1.165) is 51.8 Å². The van der Waals surface area contributed by atoms with E-state index in [0.29, 0.717) is 18.3 Å². The summed E-state index contributed by atoms with van der Waals surface area (Å²) in [6, 6.07) is 14.1. The van der Waals surface area contributed by atoms with E-state index in [1.807, 2.05) is 47.8 Å². The third kappa shape index (κ3) is 3.99. The van der Waals surface area contributed by atoms with Gasteiger partial charge in [0.1, 0.15) is 22.9 Å². The Labute approximate surface area is 193 Å². The number of rotatable bonds is 9. The fourth-order valence-electron chi connectivity index (χ4n) is 4.39. The quantitative estimate of drug-likeness (QED) is 0.345. The van der Waals surface area contributed by atoms with E-state index in [1.54, 1.807) is 27.6 Å². The van der Waals surface area contributed by atoms with E-state index in [4.69, 9.17) is 23.7 Å². The molecule has 1 saturated carbocycles. The molecule has 0 aliphatic heterocycles. The highest BCUT2D eigenvalue weighted by molar-refractivity contribution is 5.84. The summed E-state index contributed by atoms with van der Waals surface area (Å²) in [6.45, 7) is 3.61. The van der Waals surface area contributed by atoms with Crippen LogP contribution in [-0.4, -0.2) is 37.5 Å². The van der Waals surface area contributed by atoms with Crippen LogP contribution in [0.3, 0.4) is 0 Å². The van der Waals surface area contributed by atoms with E-state index in [9.17, 15) is 0 Å². The molecule has 33 heavy (non-hydrogen) atoms. The second-order valence-electron chi connectivity index (χ2n) is 8.51. The zero-order valence-electron chi connectivity index (χ0n) is 19.5. The number of benzene rings is 1. The van der Waals surface area contributed by atoms with Crippen LogP contribution in [0.15, 0.2) is 53.1 Å². The van der Waals surface area contributed by atoms with Gasteiger partial charge in [-0.15, -0.1) is 5.10 Å². The Bertz CT molecular complexity index is 1230. The summed E-state index contributed by atoms with van der Waals surface area (Å²) in [5, 5.41) is 4.87. The van der Waals surface area contributed by atoms with Crippen molar-refractivity contribution in [3.63, 3.8) is 0 Å². The summed E-state index contributed by atoms with van der Waals surface area (Å²) in [6.07, 6.45) is 4.21. The number of nitrogens with zero attached hydrogens (tertiary/aromatic N) is 3. The third-order valence-corrected chi connectivity index (χ3v) is 6.12. The van der Waals surface area contributed by atoms with Gasteiger partial charge in [-0.1, -0.05) is 6.07 Å². The van der Waals surface area contributed by atoms with Gasteiger partial charge in [0.2, 0.25) is 0 Å². The molecule has 0 atom stereocenters. The lowest BCUT2D eigenvalue weighted by Gasteiger charge is -2.23. The third-order valence-electron chi connectivity index (χ3n) is 6.12. The van der Waals surface area contributed by atoms with Gasteiger partial charge in [0.15, 0.2) is 0 Å². The van der Waals surface area contributed by atoms with Gasteiger partial charge in [-0.05, 0) is 67.6 Å². The van der Waals surface area contributed by atoms with Crippen LogP contribution >= 0.6 is 0 Å². The van der Waals surface area contributed by atoms with Crippen molar-refractivity contribution < 1.29 is 18.6 Å². The van der Waals surface area contributed by atoms with Gasteiger partial charge in [0, 0.05) is 6.54 Å². The zero-order valence-corrected chi connectivity index (χ0v) is 19.5. The van der Waals surface area contributed by atoms with E-state index in [1.165, 1.54) is 12.8 Å². The summed E-state index contributed by atoms with van der Waals surface area (Å²) in [5.41, 5.74) is 4.71. The molecule has 172 valence electrons. The smallest absolute Gasteiger partial charge is 0.257 e. The minimum absolute atomic E-state index is 0.583. The molecular weight excluding hydrogens is 418 g/mol. The fraction of sp³-hybridized carbons (Fsp3) is 0.346. The van der Waals surface area contributed by atoms with Crippen LogP contribution in [0.2, 0.25) is 0 Å². The summed E-state index contributed by atoms with van der Waals surface area (Å²) in [5.74, 6) is 3.65. The molecule has 7 nitrogen and oxygen atoms in total. The SMILES string of the molecule is COc1cc(C)cc(OC)c1-c1cccc2c(N(Cc3ccco3)CC3CC3)c(OC)nn12. The number of hydrogen-bond donors (Lipinski definition) is 0. The second-order valence-corrected chi connectivity index (χ2v) is 8.51. The van der Waals surface area contributed by atoms with Gasteiger partial charge in [-0.2, -0.15) is 0 Å². The molecule has 1 aliphatic rings. The van der Waals surface area contributed by atoms with Crippen molar-refractivity contribution in [2.24, 2.45) is 5.92 Å². The van der Waals surface area contributed by atoms with E-state index in [-0.39, 0.29) is 0 Å². The minimum atomic E-state index is 0.583. The van der Waals surface area contributed by atoms with Gasteiger partial charge < -0.3 is 23.5 Å². The largest absolute Gasteiger partial charge is 0.496 e. The Morgan fingerprint density at radius 1 is 1.03 bits per heavy atom. The van der Waals surface area contributed by atoms with Crippen LogP contribution in [-0.2, 0) is 6.54 Å². The highest BCUT2D eigenvalue weighted by atomic mass is 16.5. The maximum Gasteiger partial charge on any atom is 0.257 e. The zero-order chi connectivity index (χ0) is 22.9. The minimum Gasteiger partial charge on any atom is -0.496 e. The number of pyridine rings is 1. The van der Waals surface area contributed by atoms with Crippen molar-refractivity contribution in [1.29, 1.82) is 0 Å². The molecular formula is C26H29N3O4. The Morgan fingerprint density at radius 3 is 2.39 bits per heavy atom. The number of fused-ring (bicyclic) bond motifs is 1. The maximum atomic E-state index is 5.79. The summed E-state index contributed by atoms with van der Waals surface area (Å²) < 4.78 is 24.9. The second kappa shape index (κ2) is 8.73. The molecule has 0 unspecified atom stereocenters. The Balaban J connectivity index is 1.69. The molecule has 1 fully saturated rings. The van der Waals surface area contributed by atoms with E-state index in [2.05, 4.69) is 11.0 Å². The number of anilines is 1. The predicted octanol–water partition coefficient (Wildman–Crippen LogP) is 5.35. The average molecular weight is 448 g/mol. The van der Waals surface area contributed by atoms with Crippen LogP contribution < -0.4 is 19.1 Å². The van der Waals surface area contributed by atoms with Crippen molar-refractivity contribution in [3.05, 3.63) is 60.1 Å². The van der Waals surface area contributed by atoms with Crippen LogP contribution in [0, 0.1) is 12.8 Å². The molecule has 0 spiro atoms. The van der Waals surface area contributed by atoms with Crippen molar-refractivity contribution in [2.75, 3.05) is 32.8 Å². The van der Waals surface area contributed by atoms with Gasteiger partial charge in [-0.3, -0.25) is 0 Å². The van der Waals surface area contributed by atoms with E-state index < -0.39 is 0 Å². The molecule has 4 aromatic rings. The highest BCUT2D eigenvalue weighted by Crippen LogP contribution is 2.43. The molecule has 3 heterocycles. The lowest BCUT2D eigenvalue weighted by molar-refractivity contribution is 0.392. The number of furan rings is 1. The van der Waals surface area contributed by atoms with E-state index >= 15 is 0 Å². The molecule has 5 rings (SSSR count). The Hall–Kier alpha value is -3.61. The average Bonchev–Trinajstić information content (AvgIpc) is 3.34. The van der Waals surface area contributed by atoms with Crippen LogP contribution in [0.1, 0.15) is 24.2 Å². The van der Waals surface area contributed by atoms with Gasteiger partial charge in [0.25, 0.3) is 5.88 Å². The van der Waals surface area contributed by atoms with Crippen molar-refractivity contribution in [1.82, 2.24) is 9.61 Å². The number of ether oxygens (including phenoxy) is 3. The van der Waals surface area contributed by atoms with Crippen molar-refractivity contribution in [3.8, 4) is 28.6 Å². The predicted molar refractivity (Wildman–Crippen MR) is 128 cm³/mol. The number of aryl methyl sites for hydroxylation is 1. The van der Waals surface area contributed by atoms with Crippen molar-refractivity contribution >= 4 is 11.2 Å². The summed E-state index contributed by atoms with van der Waals surface area (Å²) in [7, 11) is 5.02. The van der Waals surface area contributed by atoms with Crippen LogP contribution in [0.4, 0.5) is 5.69 Å². The van der Waals surface area contributed by atoms with Gasteiger partial charge in [-0.25, -0.2) is 4.52 Å². The summed E-state index contributed by atoms with van der Waals surface area (Å²) in [4.78, 5) is 2.32. The van der Waals surface area contributed by atoms with Crippen molar-refractivity contribution in [2.45, 2.75) is 26.3 Å². The lowest BCUT2D eigenvalue weighted by Crippen LogP contribution is -2.25. The molecule has 0 amide bonds. The number of methoxy groups -OCH3 is 3. The maximum absolute atomic E-state index is 5.79. The molecule has 3 aromatic heterocycles. The molecule has 0 saturated heterocycles. The normalized spacial score (nSPS) is 13.3. The fourth-order valence-corrected chi connectivity index (χ4v) is 4.39. The molecule has 1 aliphatic carbocycles. The lowest BCUT2D eigenvalue weighted by atomic mass is 10.1. The van der Waals surface area contributed by atoms with Crippen LogP contribution in [0.5, 0.6) is 17.4 Å². The Kier molecular flexibility index (Phi) is 5.62. The Morgan fingerprint density at radius 2 is 1.79 bits per heavy atom. The highest BCUT2D eigenvalue weighted by Gasteiger charge is 2.30. The molecule has 0 N–H and O–H groups in total. The first-order valence-electron chi connectivity index (χ1n) is 11.2. The standard InChI is InChI=1S/C26H29N3O4/c1-17-13-22(30-2)24(23(14-17)31-3)20-8-5-9-21-25(26(32-4)27-29(20)21)28(15-18-10-11-18)16-19-7-6-12-33-19/h5-9,12-14,18H,10-11,15-16H2,1-4H3. The molecule has 7 heteroatoms. The molecule has 0 radical (unpaired) electrons. The molecule has 1 aromatic carbocycles. The summed E-state index contributed by atoms with van der Waals surface area (Å²) >= 11 is 0. The van der Waals surface area contributed by atoms with Crippen LogP contribution in [0.25, 0.3) is 16.8 Å². The molecule has 0 bridgehead atoms. The van der Waals surface area contributed by atoms with Gasteiger partial charge in [0.05, 0.1) is 50.9 Å². The topological polar surface area (TPSA) is 61.4 Å². The first kappa shape index (κ1) is 21.2. The number of hydrogen-bond acceptors (Lipinski definition) is 6. The van der Waals surface area contributed by atoms with Gasteiger partial charge >= 0.3 is 0 Å². The first-order chi connectivity index (χ1) is 16.1. The number of aromatic nitrogens is 2. The first-order valence-corrected chi connectivity index (χ1v) is 11.2.